The van der Waals surface area contributed by atoms with E-state index in [0.717, 1.165) is 16.5 Å². The molecule has 0 aliphatic rings. The van der Waals surface area contributed by atoms with E-state index in [4.69, 9.17) is 5.73 Å². The van der Waals surface area contributed by atoms with Gasteiger partial charge in [-0.15, -0.1) is 0 Å². The topological polar surface area (TPSA) is 30.9 Å². The fourth-order valence-corrected chi connectivity index (χ4v) is 2.00. The van der Waals surface area contributed by atoms with E-state index in [9.17, 15) is 13.2 Å². The molecule has 0 bridgehead atoms. The van der Waals surface area contributed by atoms with E-state index in [1.807, 2.05) is 31.2 Å². The van der Waals surface area contributed by atoms with Crippen LogP contribution in [0.2, 0.25) is 0 Å². The molecule has 0 aliphatic carbocycles. The number of alkyl halides is 3. The molecule has 1 heterocycles. The Kier molecular flexibility index (Phi) is 3.34. The second-order valence-electron chi connectivity index (χ2n) is 4.50. The van der Waals surface area contributed by atoms with Gasteiger partial charge in [-0.2, -0.15) is 13.2 Å². The molecule has 5 heteroatoms. The minimum Gasteiger partial charge on any atom is -0.347 e. The second kappa shape index (κ2) is 4.65. The van der Waals surface area contributed by atoms with Gasteiger partial charge in [-0.1, -0.05) is 12.1 Å². The Morgan fingerprint density at radius 2 is 2.00 bits per heavy atom. The van der Waals surface area contributed by atoms with Gasteiger partial charge >= 0.3 is 6.18 Å². The van der Waals surface area contributed by atoms with Gasteiger partial charge in [0.1, 0.15) is 0 Å². The van der Waals surface area contributed by atoms with E-state index in [1.165, 1.54) is 0 Å². The maximum atomic E-state index is 12.7. The van der Waals surface area contributed by atoms with Crippen LogP contribution in [-0.4, -0.2) is 17.3 Å². The maximum absolute atomic E-state index is 12.7. The molecule has 2 N–H and O–H groups in total. The Balaban J connectivity index is 2.34. The zero-order valence-corrected chi connectivity index (χ0v) is 10.0. The molecular weight excluding hydrogens is 241 g/mol. The number of aromatic nitrogens is 1. The van der Waals surface area contributed by atoms with Gasteiger partial charge in [-0.05, 0) is 30.0 Å². The fourth-order valence-electron chi connectivity index (χ4n) is 2.00. The van der Waals surface area contributed by atoms with Crippen LogP contribution in [0.15, 0.2) is 30.5 Å². The van der Waals surface area contributed by atoms with Crippen molar-refractivity contribution in [2.75, 3.05) is 6.54 Å². The molecule has 0 fully saturated rings. The third-order valence-electron chi connectivity index (χ3n) is 3.09. The summed E-state index contributed by atoms with van der Waals surface area (Å²) in [6, 6.07) is 7.56. The predicted octanol–water partition coefficient (Wildman–Crippen LogP) is 3.09. The van der Waals surface area contributed by atoms with Gasteiger partial charge in [0.05, 0.1) is 5.92 Å². The number of fused-ring (bicyclic) bond motifs is 1. The highest BCUT2D eigenvalue weighted by Crippen LogP contribution is 2.28. The lowest BCUT2D eigenvalue weighted by molar-refractivity contribution is -0.174. The number of nitrogens with zero attached hydrogens (tertiary/aromatic N) is 1. The first kappa shape index (κ1) is 13.0. The summed E-state index contributed by atoms with van der Waals surface area (Å²) < 4.78 is 39.7. The van der Waals surface area contributed by atoms with E-state index < -0.39 is 18.6 Å². The SMILES string of the molecule is Cc1ccc2ccn(CC(CN)C(F)(F)F)c2c1. The molecule has 0 spiro atoms. The minimum absolute atomic E-state index is 0.132. The van der Waals surface area contributed by atoms with Gasteiger partial charge in [0.2, 0.25) is 0 Å². The van der Waals surface area contributed by atoms with Gasteiger partial charge in [-0.25, -0.2) is 0 Å². The zero-order chi connectivity index (χ0) is 13.3. The molecule has 0 saturated heterocycles. The number of aryl methyl sites for hydroxylation is 1. The number of hydrogen-bond donors (Lipinski definition) is 1. The van der Waals surface area contributed by atoms with Crippen molar-refractivity contribution in [1.82, 2.24) is 4.57 Å². The van der Waals surface area contributed by atoms with Gasteiger partial charge in [0.15, 0.2) is 0 Å². The van der Waals surface area contributed by atoms with Crippen molar-refractivity contribution in [2.24, 2.45) is 11.7 Å². The van der Waals surface area contributed by atoms with E-state index in [2.05, 4.69) is 0 Å². The largest absolute Gasteiger partial charge is 0.394 e. The van der Waals surface area contributed by atoms with E-state index in [0.29, 0.717) is 0 Å². The van der Waals surface area contributed by atoms with Crippen molar-refractivity contribution in [3.05, 3.63) is 36.0 Å². The van der Waals surface area contributed by atoms with Crippen LogP contribution in [0, 0.1) is 12.8 Å². The molecule has 0 radical (unpaired) electrons. The van der Waals surface area contributed by atoms with Crippen LogP contribution in [-0.2, 0) is 6.54 Å². The Bertz CT molecular complexity index is 543. The summed E-state index contributed by atoms with van der Waals surface area (Å²) in [4.78, 5) is 0. The predicted molar refractivity (Wildman–Crippen MR) is 65.3 cm³/mol. The number of rotatable bonds is 3. The summed E-state index contributed by atoms with van der Waals surface area (Å²) in [5, 5.41) is 0.943. The van der Waals surface area contributed by atoms with Crippen LogP contribution in [0.3, 0.4) is 0 Å². The smallest absolute Gasteiger partial charge is 0.347 e. The summed E-state index contributed by atoms with van der Waals surface area (Å²) in [5.41, 5.74) is 7.06. The summed E-state index contributed by atoms with van der Waals surface area (Å²) in [6.07, 6.45) is -2.58. The minimum atomic E-state index is -4.25. The number of benzene rings is 1. The van der Waals surface area contributed by atoms with Gasteiger partial charge < -0.3 is 10.3 Å². The molecule has 2 nitrogen and oxygen atoms in total. The van der Waals surface area contributed by atoms with Crippen molar-refractivity contribution < 1.29 is 13.2 Å². The first-order chi connectivity index (χ1) is 8.41. The number of nitrogens with two attached hydrogens (primary N) is 1. The standard InChI is InChI=1S/C13H15F3N2/c1-9-2-3-10-4-5-18(12(10)6-9)8-11(7-17)13(14,15)16/h2-6,11H,7-8,17H2,1H3. The molecule has 1 aromatic carbocycles. The number of hydrogen-bond acceptors (Lipinski definition) is 1. The molecular formula is C13H15F3N2. The van der Waals surface area contributed by atoms with Crippen LogP contribution in [0.5, 0.6) is 0 Å². The molecule has 0 aliphatic heterocycles. The summed E-state index contributed by atoms with van der Waals surface area (Å²) in [7, 11) is 0. The summed E-state index contributed by atoms with van der Waals surface area (Å²) in [6.45, 7) is 1.39. The van der Waals surface area contributed by atoms with Crippen molar-refractivity contribution in [3.63, 3.8) is 0 Å². The molecule has 1 aromatic heterocycles. The zero-order valence-electron chi connectivity index (χ0n) is 10.0. The van der Waals surface area contributed by atoms with Crippen LogP contribution in [0.4, 0.5) is 13.2 Å². The van der Waals surface area contributed by atoms with Crippen molar-refractivity contribution in [2.45, 2.75) is 19.6 Å². The Morgan fingerprint density at radius 1 is 1.28 bits per heavy atom. The lowest BCUT2D eigenvalue weighted by atomic mass is 10.1. The molecule has 0 amide bonds. The highest BCUT2D eigenvalue weighted by molar-refractivity contribution is 5.80. The first-order valence-corrected chi connectivity index (χ1v) is 5.74. The lowest BCUT2D eigenvalue weighted by Crippen LogP contribution is -2.33. The molecule has 98 valence electrons. The second-order valence-corrected chi connectivity index (χ2v) is 4.50. The van der Waals surface area contributed by atoms with Crippen LogP contribution in [0.1, 0.15) is 5.56 Å². The van der Waals surface area contributed by atoms with Crippen LogP contribution in [0.25, 0.3) is 10.9 Å². The first-order valence-electron chi connectivity index (χ1n) is 5.74. The summed E-state index contributed by atoms with van der Waals surface area (Å²) in [5.74, 6) is -1.51. The van der Waals surface area contributed by atoms with Crippen LogP contribution >= 0.6 is 0 Å². The molecule has 18 heavy (non-hydrogen) atoms. The van der Waals surface area contributed by atoms with E-state index >= 15 is 0 Å². The molecule has 1 unspecified atom stereocenters. The normalized spacial score (nSPS) is 14.1. The Morgan fingerprint density at radius 3 is 2.61 bits per heavy atom. The summed E-state index contributed by atoms with van der Waals surface area (Å²) >= 11 is 0. The lowest BCUT2D eigenvalue weighted by Gasteiger charge is -2.19. The highest BCUT2D eigenvalue weighted by Gasteiger charge is 2.38. The maximum Gasteiger partial charge on any atom is 0.394 e. The Labute approximate surface area is 103 Å². The van der Waals surface area contributed by atoms with E-state index in [-0.39, 0.29) is 6.54 Å². The Hall–Kier alpha value is -1.49. The van der Waals surface area contributed by atoms with Crippen molar-refractivity contribution in [3.8, 4) is 0 Å². The van der Waals surface area contributed by atoms with Gasteiger partial charge in [-0.3, -0.25) is 0 Å². The van der Waals surface area contributed by atoms with E-state index in [1.54, 1.807) is 10.8 Å². The van der Waals surface area contributed by atoms with Crippen molar-refractivity contribution in [1.29, 1.82) is 0 Å². The monoisotopic (exact) mass is 256 g/mol. The third-order valence-corrected chi connectivity index (χ3v) is 3.09. The van der Waals surface area contributed by atoms with Gasteiger partial charge in [0.25, 0.3) is 0 Å². The van der Waals surface area contributed by atoms with Crippen molar-refractivity contribution >= 4 is 10.9 Å². The highest BCUT2D eigenvalue weighted by atomic mass is 19.4. The fraction of sp³-hybridized carbons (Fsp3) is 0.385. The van der Waals surface area contributed by atoms with Gasteiger partial charge in [0, 0.05) is 24.8 Å². The molecule has 1 atom stereocenters. The number of halogens is 3. The molecule has 2 aromatic rings. The van der Waals surface area contributed by atoms with Crippen LogP contribution < -0.4 is 5.73 Å². The average molecular weight is 256 g/mol. The quantitative estimate of drug-likeness (QED) is 0.898. The molecule has 0 saturated carbocycles. The molecule has 2 rings (SSSR count). The average Bonchev–Trinajstić information content (AvgIpc) is 2.66. The third kappa shape index (κ3) is 2.51.